The number of hydrogen-bond acceptors (Lipinski definition) is 4. The lowest BCUT2D eigenvalue weighted by Gasteiger charge is -2.03. The molecule has 0 unspecified atom stereocenters. The highest BCUT2D eigenvalue weighted by Gasteiger charge is 2.05. The molecular formula is C12H14O4. The molecular weight excluding hydrogens is 208 g/mol. The molecule has 4 heteroatoms. The molecule has 0 fully saturated rings. The molecule has 0 aliphatic heterocycles. The Morgan fingerprint density at radius 2 is 2.00 bits per heavy atom. The first kappa shape index (κ1) is 12.2. The van der Waals surface area contributed by atoms with E-state index < -0.39 is 0 Å². The van der Waals surface area contributed by atoms with Gasteiger partial charge in [-0.15, -0.1) is 0 Å². The van der Waals surface area contributed by atoms with E-state index in [0.29, 0.717) is 31.7 Å². The minimum atomic E-state index is -0.321. The summed E-state index contributed by atoms with van der Waals surface area (Å²) in [4.78, 5) is 21.3. The first-order valence-electron chi connectivity index (χ1n) is 5.09. The Morgan fingerprint density at radius 3 is 2.56 bits per heavy atom. The molecule has 4 nitrogen and oxygen atoms in total. The van der Waals surface area contributed by atoms with Crippen molar-refractivity contribution < 1.29 is 19.1 Å². The molecule has 0 saturated heterocycles. The van der Waals surface area contributed by atoms with E-state index in [4.69, 9.17) is 4.74 Å². The quantitative estimate of drug-likeness (QED) is 0.416. The molecule has 1 rings (SSSR count). The van der Waals surface area contributed by atoms with E-state index in [9.17, 15) is 9.59 Å². The van der Waals surface area contributed by atoms with Gasteiger partial charge in [-0.1, -0.05) is 12.1 Å². The minimum absolute atomic E-state index is 0.321. The third kappa shape index (κ3) is 3.73. The topological polar surface area (TPSA) is 52.6 Å². The summed E-state index contributed by atoms with van der Waals surface area (Å²) < 4.78 is 9.44. The Kier molecular flexibility index (Phi) is 5.05. The molecule has 0 heterocycles. The highest BCUT2D eigenvalue weighted by atomic mass is 16.5. The van der Waals surface area contributed by atoms with Crippen LogP contribution in [0, 0.1) is 0 Å². The maximum Gasteiger partial charge on any atom is 0.338 e. The van der Waals surface area contributed by atoms with Gasteiger partial charge in [0.25, 0.3) is 6.47 Å². The van der Waals surface area contributed by atoms with Crippen molar-refractivity contribution in [1.82, 2.24) is 0 Å². The fraction of sp³-hybridized carbons (Fsp3) is 0.333. The van der Waals surface area contributed by atoms with Crippen molar-refractivity contribution in [1.29, 1.82) is 0 Å². The number of benzene rings is 1. The van der Waals surface area contributed by atoms with Gasteiger partial charge in [0, 0.05) is 6.42 Å². The van der Waals surface area contributed by atoms with E-state index in [2.05, 4.69) is 4.74 Å². The third-order valence-electron chi connectivity index (χ3n) is 2.04. The van der Waals surface area contributed by atoms with E-state index in [1.54, 1.807) is 19.1 Å². The van der Waals surface area contributed by atoms with Gasteiger partial charge < -0.3 is 9.47 Å². The number of esters is 1. The Balaban J connectivity index is 2.53. The number of rotatable bonds is 6. The summed E-state index contributed by atoms with van der Waals surface area (Å²) in [6.07, 6.45) is 0.641. The van der Waals surface area contributed by atoms with Gasteiger partial charge in [0.05, 0.1) is 18.8 Å². The molecule has 0 aliphatic carbocycles. The van der Waals surface area contributed by atoms with E-state index in [1.807, 2.05) is 12.1 Å². The van der Waals surface area contributed by atoms with Gasteiger partial charge in [0.15, 0.2) is 0 Å². The molecule has 0 atom stereocenters. The molecule has 0 radical (unpaired) electrons. The van der Waals surface area contributed by atoms with Gasteiger partial charge in [-0.05, 0) is 24.6 Å². The fourth-order valence-electron chi connectivity index (χ4n) is 1.25. The first-order chi connectivity index (χ1) is 7.77. The van der Waals surface area contributed by atoms with Crippen molar-refractivity contribution >= 4 is 12.4 Å². The lowest BCUT2D eigenvalue weighted by atomic mass is 10.1. The summed E-state index contributed by atoms with van der Waals surface area (Å²) in [7, 11) is 0. The van der Waals surface area contributed by atoms with Crippen LogP contribution in [0.5, 0.6) is 0 Å². The largest absolute Gasteiger partial charge is 0.468 e. The molecule has 0 spiro atoms. The van der Waals surface area contributed by atoms with Crippen LogP contribution in [0.25, 0.3) is 0 Å². The second-order valence-corrected chi connectivity index (χ2v) is 3.13. The zero-order valence-corrected chi connectivity index (χ0v) is 9.14. The molecule has 0 amide bonds. The summed E-state index contributed by atoms with van der Waals surface area (Å²) in [5.74, 6) is -0.321. The smallest absolute Gasteiger partial charge is 0.338 e. The summed E-state index contributed by atoms with van der Waals surface area (Å²) in [5, 5.41) is 0. The van der Waals surface area contributed by atoms with E-state index >= 15 is 0 Å². The molecule has 1 aromatic rings. The van der Waals surface area contributed by atoms with Crippen LogP contribution in [-0.4, -0.2) is 25.7 Å². The summed E-state index contributed by atoms with van der Waals surface area (Å²) >= 11 is 0. The average molecular weight is 222 g/mol. The van der Waals surface area contributed by atoms with Gasteiger partial charge in [0.2, 0.25) is 0 Å². The average Bonchev–Trinajstić information content (AvgIpc) is 2.30. The second-order valence-electron chi connectivity index (χ2n) is 3.13. The van der Waals surface area contributed by atoms with Crippen LogP contribution in [0.2, 0.25) is 0 Å². The maximum atomic E-state index is 11.3. The molecule has 0 bridgehead atoms. The molecule has 1 aromatic carbocycles. The van der Waals surface area contributed by atoms with Crippen LogP contribution in [-0.2, 0) is 20.7 Å². The molecule has 0 saturated carbocycles. The van der Waals surface area contributed by atoms with E-state index in [-0.39, 0.29) is 5.97 Å². The van der Waals surface area contributed by atoms with Gasteiger partial charge >= 0.3 is 5.97 Å². The lowest BCUT2D eigenvalue weighted by Crippen LogP contribution is -2.04. The van der Waals surface area contributed by atoms with Crippen LogP contribution in [0.4, 0.5) is 0 Å². The fourth-order valence-corrected chi connectivity index (χ4v) is 1.25. The number of hydrogen-bond donors (Lipinski definition) is 0. The molecule has 0 aliphatic rings. The van der Waals surface area contributed by atoms with Crippen molar-refractivity contribution in [2.45, 2.75) is 13.3 Å². The standard InChI is InChI=1S/C12H14O4/c1-2-16-12(14)11-5-3-10(4-6-11)7-8-15-9-13/h3-6,9H,2,7-8H2,1H3. The summed E-state index contributed by atoms with van der Waals surface area (Å²) in [6.45, 7) is 2.91. The Morgan fingerprint density at radius 1 is 1.31 bits per heavy atom. The summed E-state index contributed by atoms with van der Waals surface area (Å²) in [5.41, 5.74) is 1.54. The van der Waals surface area contributed by atoms with Crippen molar-refractivity contribution in [3.8, 4) is 0 Å². The van der Waals surface area contributed by atoms with Gasteiger partial charge in [-0.25, -0.2) is 4.79 Å². The van der Waals surface area contributed by atoms with Gasteiger partial charge in [-0.3, -0.25) is 4.79 Å². The van der Waals surface area contributed by atoms with Gasteiger partial charge in [-0.2, -0.15) is 0 Å². The highest BCUT2D eigenvalue weighted by molar-refractivity contribution is 5.89. The SMILES string of the molecule is CCOC(=O)c1ccc(CCOC=O)cc1. The van der Waals surface area contributed by atoms with Crippen molar-refractivity contribution in [3.63, 3.8) is 0 Å². The predicted octanol–water partition coefficient (Wildman–Crippen LogP) is 1.58. The third-order valence-corrected chi connectivity index (χ3v) is 2.04. The molecule has 16 heavy (non-hydrogen) atoms. The van der Waals surface area contributed by atoms with Crippen LogP contribution in [0.15, 0.2) is 24.3 Å². The Labute approximate surface area is 94.2 Å². The zero-order chi connectivity index (χ0) is 11.8. The van der Waals surface area contributed by atoms with Gasteiger partial charge in [0.1, 0.15) is 0 Å². The minimum Gasteiger partial charge on any atom is -0.468 e. The Bertz CT molecular complexity index is 343. The number of carbonyl (C=O) groups is 2. The highest BCUT2D eigenvalue weighted by Crippen LogP contribution is 2.06. The molecule has 0 N–H and O–H groups in total. The van der Waals surface area contributed by atoms with E-state index in [0.717, 1.165) is 5.56 Å². The van der Waals surface area contributed by atoms with Crippen molar-refractivity contribution in [3.05, 3.63) is 35.4 Å². The first-order valence-corrected chi connectivity index (χ1v) is 5.09. The van der Waals surface area contributed by atoms with E-state index in [1.165, 1.54) is 0 Å². The van der Waals surface area contributed by atoms with Crippen LogP contribution >= 0.6 is 0 Å². The molecule has 0 aromatic heterocycles. The van der Waals surface area contributed by atoms with Crippen LogP contribution in [0.3, 0.4) is 0 Å². The van der Waals surface area contributed by atoms with Crippen molar-refractivity contribution in [2.24, 2.45) is 0 Å². The summed E-state index contributed by atoms with van der Waals surface area (Å²) in [6, 6.07) is 7.04. The Hall–Kier alpha value is -1.84. The maximum absolute atomic E-state index is 11.3. The second kappa shape index (κ2) is 6.61. The monoisotopic (exact) mass is 222 g/mol. The predicted molar refractivity (Wildman–Crippen MR) is 58.1 cm³/mol. The van der Waals surface area contributed by atoms with Crippen LogP contribution < -0.4 is 0 Å². The van der Waals surface area contributed by atoms with Crippen LogP contribution in [0.1, 0.15) is 22.8 Å². The lowest BCUT2D eigenvalue weighted by molar-refractivity contribution is -0.128. The van der Waals surface area contributed by atoms with Crippen molar-refractivity contribution in [2.75, 3.05) is 13.2 Å². The number of ether oxygens (including phenoxy) is 2. The zero-order valence-electron chi connectivity index (χ0n) is 9.14. The number of carbonyl (C=O) groups excluding carboxylic acids is 2. The molecule has 86 valence electrons. The normalized spacial score (nSPS) is 9.56.